The molecule has 1 amide bonds. The Morgan fingerprint density at radius 2 is 1.84 bits per heavy atom. The number of anilines is 2. The van der Waals surface area contributed by atoms with Crippen molar-refractivity contribution in [2.45, 2.75) is 26.8 Å². The Balaban J connectivity index is 2.38. The molecule has 0 fully saturated rings. The Kier molecular flexibility index (Phi) is 5.75. The van der Waals surface area contributed by atoms with E-state index in [9.17, 15) is 13.2 Å². The van der Waals surface area contributed by atoms with E-state index in [1.807, 2.05) is 25.1 Å². The van der Waals surface area contributed by atoms with E-state index in [1.165, 1.54) is 0 Å². The van der Waals surface area contributed by atoms with Crippen LogP contribution in [0.5, 0.6) is 0 Å². The minimum atomic E-state index is -3.69. The first-order valence-electron chi connectivity index (χ1n) is 7.72. The van der Waals surface area contributed by atoms with Gasteiger partial charge in [-0.3, -0.25) is 9.10 Å². The highest BCUT2D eigenvalue weighted by atomic mass is 35.5. The molecule has 0 aromatic heterocycles. The van der Waals surface area contributed by atoms with Crippen LogP contribution in [0.4, 0.5) is 11.4 Å². The molecule has 1 atom stereocenters. The molecule has 0 saturated carbocycles. The topological polar surface area (TPSA) is 66.5 Å². The van der Waals surface area contributed by atoms with Crippen LogP contribution in [0.15, 0.2) is 42.5 Å². The van der Waals surface area contributed by atoms with Crippen LogP contribution in [0.1, 0.15) is 18.1 Å². The van der Waals surface area contributed by atoms with Crippen LogP contribution in [0.2, 0.25) is 5.02 Å². The van der Waals surface area contributed by atoms with E-state index in [-0.39, 0.29) is 0 Å². The second-order valence-corrected chi connectivity index (χ2v) is 8.32. The predicted molar refractivity (Wildman–Crippen MR) is 103 cm³/mol. The van der Waals surface area contributed by atoms with Crippen LogP contribution in [-0.2, 0) is 14.8 Å². The molecule has 7 heteroatoms. The molecular weight excluding hydrogens is 360 g/mol. The number of aryl methyl sites for hydroxylation is 2. The Morgan fingerprint density at radius 3 is 2.44 bits per heavy atom. The minimum Gasteiger partial charge on any atom is -0.324 e. The fourth-order valence-corrected chi connectivity index (χ4v) is 3.96. The van der Waals surface area contributed by atoms with Gasteiger partial charge in [0.05, 0.1) is 11.9 Å². The van der Waals surface area contributed by atoms with E-state index in [1.54, 1.807) is 38.1 Å². The third-order valence-corrected chi connectivity index (χ3v) is 5.25. The number of rotatable bonds is 5. The van der Waals surface area contributed by atoms with Gasteiger partial charge in [-0.2, -0.15) is 0 Å². The molecule has 2 aromatic rings. The van der Waals surface area contributed by atoms with Crippen molar-refractivity contribution >= 4 is 38.9 Å². The van der Waals surface area contributed by atoms with Gasteiger partial charge in [0.1, 0.15) is 6.04 Å². The van der Waals surface area contributed by atoms with Gasteiger partial charge in [0.15, 0.2) is 0 Å². The lowest BCUT2D eigenvalue weighted by Crippen LogP contribution is -2.45. The molecule has 0 heterocycles. The lowest BCUT2D eigenvalue weighted by atomic mass is 10.1. The van der Waals surface area contributed by atoms with E-state index in [0.717, 1.165) is 16.1 Å². The Labute approximate surface area is 153 Å². The maximum absolute atomic E-state index is 12.6. The van der Waals surface area contributed by atoms with E-state index in [0.29, 0.717) is 22.0 Å². The molecule has 5 nitrogen and oxygen atoms in total. The van der Waals surface area contributed by atoms with Crippen molar-refractivity contribution in [2.24, 2.45) is 0 Å². The summed E-state index contributed by atoms with van der Waals surface area (Å²) in [5.74, 6) is -0.421. The fourth-order valence-electron chi connectivity index (χ4n) is 2.57. The van der Waals surface area contributed by atoms with E-state index >= 15 is 0 Å². The summed E-state index contributed by atoms with van der Waals surface area (Å²) < 4.78 is 25.8. The first-order chi connectivity index (χ1) is 11.6. The monoisotopic (exact) mass is 380 g/mol. The number of sulfonamides is 1. The maximum Gasteiger partial charge on any atom is 0.247 e. The number of benzene rings is 2. The van der Waals surface area contributed by atoms with Crippen molar-refractivity contribution in [1.29, 1.82) is 0 Å². The standard InChI is InChI=1S/C18H21ClN2O3S/c1-12-6-5-7-16(10-12)20-18(22)14(3)21(25(4,23)24)17-11-15(19)9-8-13(17)2/h5-11,14H,1-4H3,(H,20,22). The molecule has 0 aliphatic carbocycles. The highest BCUT2D eigenvalue weighted by Gasteiger charge is 2.30. The first-order valence-corrected chi connectivity index (χ1v) is 9.95. The molecule has 0 bridgehead atoms. The molecule has 0 aliphatic rings. The van der Waals surface area contributed by atoms with E-state index in [4.69, 9.17) is 11.6 Å². The van der Waals surface area contributed by atoms with Gasteiger partial charge in [-0.05, 0) is 56.2 Å². The summed E-state index contributed by atoms with van der Waals surface area (Å²) in [6.45, 7) is 5.23. The molecule has 1 N–H and O–H groups in total. The van der Waals surface area contributed by atoms with Crippen LogP contribution in [0.25, 0.3) is 0 Å². The number of nitrogens with one attached hydrogen (secondary N) is 1. The average molecular weight is 381 g/mol. The molecule has 0 aliphatic heterocycles. The lowest BCUT2D eigenvalue weighted by Gasteiger charge is -2.29. The Bertz CT molecular complexity index is 897. The number of amides is 1. The smallest absolute Gasteiger partial charge is 0.247 e. The van der Waals surface area contributed by atoms with Crippen molar-refractivity contribution in [2.75, 3.05) is 15.9 Å². The van der Waals surface area contributed by atoms with Gasteiger partial charge in [0, 0.05) is 10.7 Å². The SMILES string of the molecule is Cc1cccc(NC(=O)C(C)N(c2cc(Cl)ccc2C)S(C)(=O)=O)c1. The van der Waals surface area contributed by atoms with E-state index < -0.39 is 22.0 Å². The maximum atomic E-state index is 12.6. The zero-order chi connectivity index (χ0) is 18.8. The lowest BCUT2D eigenvalue weighted by molar-refractivity contribution is -0.116. The van der Waals surface area contributed by atoms with Gasteiger partial charge >= 0.3 is 0 Å². The van der Waals surface area contributed by atoms with Crippen LogP contribution >= 0.6 is 11.6 Å². The third-order valence-electron chi connectivity index (χ3n) is 3.78. The predicted octanol–water partition coefficient (Wildman–Crippen LogP) is 3.75. The Morgan fingerprint density at radius 1 is 1.16 bits per heavy atom. The molecule has 0 spiro atoms. The van der Waals surface area contributed by atoms with Crippen molar-refractivity contribution in [3.63, 3.8) is 0 Å². The summed E-state index contributed by atoms with van der Waals surface area (Å²) in [7, 11) is -3.69. The first kappa shape index (κ1) is 19.3. The normalized spacial score (nSPS) is 12.5. The number of carbonyl (C=O) groups is 1. The number of hydrogen-bond donors (Lipinski definition) is 1. The van der Waals surface area contributed by atoms with Crippen molar-refractivity contribution in [3.8, 4) is 0 Å². The highest BCUT2D eigenvalue weighted by Crippen LogP contribution is 2.28. The fraction of sp³-hybridized carbons (Fsp3) is 0.278. The zero-order valence-corrected chi connectivity index (χ0v) is 16.1. The summed E-state index contributed by atoms with van der Waals surface area (Å²) in [6.07, 6.45) is 1.07. The van der Waals surface area contributed by atoms with Gasteiger partial charge in [0.25, 0.3) is 0 Å². The molecule has 134 valence electrons. The van der Waals surface area contributed by atoms with Crippen LogP contribution in [0.3, 0.4) is 0 Å². The second kappa shape index (κ2) is 7.45. The molecular formula is C18H21ClN2O3S. The Hall–Kier alpha value is -2.05. The summed E-state index contributed by atoms with van der Waals surface area (Å²) in [5.41, 5.74) is 2.72. The number of hydrogen-bond acceptors (Lipinski definition) is 3. The van der Waals surface area contributed by atoms with Gasteiger partial charge in [-0.1, -0.05) is 29.8 Å². The molecule has 2 rings (SSSR count). The molecule has 0 saturated heterocycles. The quantitative estimate of drug-likeness (QED) is 0.858. The molecule has 0 radical (unpaired) electrons. The number of nitrogens with zero attached hydrogens (tertiary/aromatic N) is 1. The molecule has 2 aromatic carbocycles. The molecule has 25 heavy (non-hydrogen) atoms. The summed E-state index contributed by atoms with van der Waals surface area (Å²) in [6, 6.07) is 11.3. The minimum absolute atomic E-state index is 0.391. The largest absolute Gasteiger partial charge is 0.324 e. The third kappa shape index (κ3) is 4.74. The van der Waals surface area contributed by atoms with Crippen LogP contribution in [-0.4, -0.2) is 26.6 Å². The average Bonchev–Trinajstić information content (AvgIpc) is 2.49. The van der Waals surface area contributed by atoms with Crippen LogP contribution in [0, 0.1) is 13.8 Å². The van der Waals surface area contributed by atoms with Gasteiger partial charge in [-0.25, -0.2) is 8.42 Å². The number of carbonyl (C=O) groups excluding carboxylic acids is 1. The van der Waals surface area contributed by atoms with Crippen molar-refractivity contribution < 1.29 is 13.2 Å². The highest BCUT2D eigenvalue weighted by molar-refractivity contribution is 7.92. The summed E-state index contributed by atoms with van der Waals surface area (Å²) in [4.78, 5) is 12.6. The van der Waals surface area contributed by atoms with Crippen molar-refractivity contribution in [3.05, 3.63) is 58.6 Å². The summed E-state index contributed by atoms with van der Waals surface area (Å²) >= 11 is 6.02. The van der Waals surface area contributed by atoms with Crippen LogP contribution < -0.4 is 9.62 Å². The second-order valence-electron chi connectivity index (χ2n) is 6.02. The zero-order valence-electron chi connectivity index (χ0n) is 14.6. The molecule has 1 unspecified atom stereocenters. The van der Waals surface area contributed by atoms with Gasteiger partial charge < -0.3 is 5.32 Å². The van der Waals surface area contributed by atoms with Gasteiger partial charge in [0.2, 0.25) is 15.9 Å². The van der Waals surface area contributed by atoms with Crippen molar-refractivity contribution in [1.82, 2.24) is 0 Å². The number of halogens is 1. The van der Waals surface area contributed by atoms with Gasteiger partial charge in [-0.15, -0.1) is 0 Å². The summed E-state index contributed by atoms with van der Waals surface area (Å²) in [5, 5.41) is 3.16. The van der Waals surface area contributed by atoms with E-state index in [2.05, 4.69) is 5.32 Å².